The zero-order valence-electron chi connectivity index (χ0n) is 43.8. The minimum absolute atomic E-state index is 0.0310. The molecular weight excluding hydrogens is 856 g/mol. The number of hydrogen-bond donors (Lipinski definition) is 1. The van der Waals surface area contributed by atoms with E-state index in [2.05, 4.69) is 99.0 Å². The third-order valence-corrected chi connectivity index (χ3v) is 12.4. The zero-order chi connectivity index (χ0) is 49.4. The minimum atomic E-state index is -4.70. The number of nitrogens with one attached hydrogen (secondary N) is 1. The Morgan fingerprint density at radius 3 is 1.42 bits per heavy atom. The molecule has 0 spiro atoms. The molecule has 1 amide bonds. The fourth-order valence-electron chi connectivity index (χ4n) is 7.28. The van der Waals surface area contributed by atoms with Crippen molar-refractivity contribution >= 4 is 19.7 Å². The summed E-state index contributed by atoms with van der Waals surface area (Å²) < 4.78 is 30.1. The van der Waals surface area contributed by atoms with Crippen LogP contribution in [0.25, 0.3) is 0 Å². The monoisotopic (exact) mass is 957 g/mol. The lowest BCUT2D eigenvalue weighted by Gasteiger charge is -2.30. The summed E-state index contributed by atoms with van der Waals surface area (Å²) in [6, 6.07) is -0.902. The highest BCUT2D eigenvalue weighted by Crippen LogP contribution is 2.38. The van der Waals surface area contributed by atoms with Gasteiger partial charge < -0.3 is 28.5 Å². The second-order valence-electron chi connectivity index (χ2n) is 19.1. The van der Waals surface area contributed by atoms with Crippen molar-refractivity contribution in [1.29, 1.82) is 0 Å². The first kappa shape index (κ1) is 64.2. The molecule has 0 aromatic carbocycles. The van der Waals surface area contributed by atoms with E-state index in [1.54, 1.807) is 0 Å². The van der Waals surface area contributed by atoms with E-state index in [0.717, 1.165) is 89.9 Å². The Bertz CT molecular complexity index is 1430. The highest BCUT2D eigenvalue weighted by molar-refractivity contribution is 7.45. The molecule has 0 aliphatic carbocycles. The van der Waals surface area contributed by atoms with E-state index < -0.39 is 26.6 Å². The SMILES string of the molecule is CC/C=C/C=C/C=C/CCCCCCCCCC(=O)NC(COP(=O)([O-])OCC[N+](C)(C)C)C(/C=C/CCCCCCCCCCC)OC(=O)CCCCCCCCC/C=C/C=C/C=C/CC. The van der Waals surface area contributed by atoms with Gasteiger partial charge in [0.05, 0.1) is 33.8 Å². The topological polar surface area (TPSA) is 114 Å². The number of quaternary nitrogens is 1. The molecule has 3 unspecified atom stereocenters. The maximum Gasteiger partial charge on any atom is 0.306 e. The summed E-state index contributed by atoms with van der Waals surface area (Å²) in [5.74, 6) is -0.576. The fourth-order valence-corrected chi connectivity index (χ4v) is 8.01. The standard InChI is InChI=1S/C57H101N2O7P/c1-7-10-13-16-19-22-25-27-29-31-34-37-40-43-46-49-56(60)58-54(53-65-67(62,63)64-52-51-59(4,5)6)55(48-45-42-39-36-33-24-21-18-15-12-9-3)66-57(61)50-47-44-41-38-35-32-30-28-26-23-20-17-14-11-8-2/h10-11,13-14,16-17,19-20,22-23,25-26,45,48,54-55H,7-9,12,15,18,21,24,27-44,46-47,49-53H2,1-6H3,(H-,58,60,62,63)/b13-10+,14-11+,19-16+,20-17+,25-22+,26-23+,48-45+. The number of nitrogens with zero attached hydrogens (tertiary/aromatic N) is 1. The third kappa shape index (κ3) is 48.0. The minimum Gasteiger partial charge on any atom is -0.756 e. The van der Waals surface area contributed by atoms with E-state index in [1.807, 2.05) is 33.3 Å². The number of phosphoric ester groups is 1. The second-order valence-corrected chi connectivity index (χ2v) is 20.5. The van der Waals surface area contributed by atoms with Crippen LogP contribution in [0.5, 0.6) is 0 Å². The largest absolute Gasteiger partial charge is 0.756 e. The van der Waals surface area contributed by atoms with Gasteiger partial charge in [-0.05, 0) is 70.3 Å². The summed E-state index contributed by atoms with van der Waals surface area (Å²) >= 11 is 0. The lowest BCUT2D eigenvalue weighted by molar-refractivity contribution is -0.870. The van der Waals surface area contributed by atoms with Crippen molar-refractivity contribution in [3.8, 4) is 0 Å². The predicted octanol–water partition coefficient (Wildman–Crippen LogP) is 15.2. The van der Waals surface area contributed by atoms with Crippen LogP contribution in [-0.2, 0) is 27.9 Å². The summed E-state index contributed by atoms with van der Waals surface area (Å²) in [6.07, 6.45) is 59.7. The van der Waals surface area contributed by atoms with Gasteiger partial charge in [0.15, 0.2) is 0 Å². The van der Waals surface area contributed by atoms with Crippen LogP contribution in [0.15, 0.2) is 85.1 Å². The number of esters is 1. The van der Waals surface area contributed by atoms with Crippen molar-refractivity contribution in [3.05, 3.63) is 85.1 Å². The van der Waals surface area contributed by atoms with Gasteiger partial charge in [0.25, 0.3) is 7.82 Å². The van der Waals surface area contributed by atoms with Gasteiger partial charge in [0.1, 0.15) is 19.3 Å². The predicted molar refractivity (Wildman–Crippen MR) is 284 cm³/mol. The molecule has 0 aromatic rings. The molecule has 0 rings (SSSR count). The highest BCUT2D eigenvalue weighted by Gasteiger charge is 2.27. The Morgan fingerprint density at radius 1 is 0.537 bits per heavy atom. The quantitative estimate of drug-likeness (QED) is 0.0161. The van der Waals surface area contributed by atoms with Crippen LogP contribution >= 0.6 is 7.82 Å². The smallest absolute Gasteiger partial charge is 0.306 e. The molecule has 0 saturated carbocycles. The van der Waals surface area contributed by atoms with Crippen LogP contribution in [0.3, 0.4) is 0 Å². The average Bonchev–Trinajstić information content (AvgIpc) is 3.28. The molecule has 0 aromatic heterocycles. The maximum atomic E-state index is 13.4. The fraction of sp³-hybridized carbons (Fsp3) is 0.719. The van der Waals surface area contributed by atoms with Crippen molar-refractivity contribution in [1.82, 2.24) is 5.32 Å². The number of unbranched alkanes of at least 4 members (excludes halogenated alkanes) is 23. The molecule has 0 saturated heterocycles. The Kier molecular flexibility index (Phi) is 44.9. The molecule has 0 heterocycles. The Balaban J connectivity index is 5.41. The van der Waals surface area contributed by atoms with E-state index in [4.69, 9.17) is 13.8 Å². The third-order valence-electron chi connectivity index (χ3n) is 11.4. The molecular formula is C57H101N2O7P. The van der Waals surface area contributed by atoms with Crippen LogP contribution in [-0.4, -0.2) is 69.4 Å². The molecule has 0 fully saturated rings. The molecule has 0 aliphatic rings. The zero-order valence-corrected chi connectivity index (χ0v) is 44.7. The molecule has 1 N–H and O–H groups in total. The first-order valence-electron chi connectivity index (χ1n) is 27.0. The summed E-state index contributed by atoms with van der Waals surface area (Å²) in [4.78, 5) is 39.7. The number of likely N-dealkylation sites (N-methyl/N-ethyl adjacent to an activating group) is 1. The highest BCUT2D eigenvalue weighted by atomic mass is 31.2. The number of carbonyl (C=O) groups excluding carboxylic acids is 2. The van der Waals surface area contributed by atoms with Gasteiger partial charge in [-0.3, -0.25) is 14.2 Å². The van der Waals surface area contributed by atoms with Crippen LogP contribution in [0.4, 0.5) is 0 Å². The molecule has 386 valence electrons. The van der Waals surface area contributed by atoms with Gasteiger partial charge in [-0.15, -0.1) is 0 Å². The molecule has 3 atom stereocenters. The number of rotatable bonds is 47. The average molecular weight is 957 g/mol. The van der Waals surface area contributed by atoms with Crippen LogP contribution in [0, 0.1) is 0 Å². The Labute approximate surface area is 412 Å². The molecule has 0 radical (unpaired) electrons. The van der Waals surface area contributed by atoms with Gasteiger partial charge in [-0.2, -0.15) is 0 Å². The van der Waals surface area contributed by atoms with Crippen LogP contribution < -0.4 is 10.2 Å². The number of phosphoric acid groups is 1. The molecule has 67 heavy (non-hydrogen) atoms. The summed E-state index contributed by atoms with van der Waals surface area (Å²) in [5, 5.41) is 3.00. The Morgan fingerprint density at radius 2 is 0.955 bits per heavy atom. The normalized spacial score (nSPS) is 14.6. The van der Waals surface area contributed by atoms with E-state index >= 15 is 0 Å². The number of amides is 1. The van der Waals surface area contributed by atoms with Gasteiger partial charge in [0, 0.05) is 12.8 Å². The second kappa shape index (κ2) is 46.9. The van der Waals surface area contributed by atoms with E-state index in [1.165, 1.54) is 83.5 Å². The van der Waals surface area contributed by atoms with Gasteiger partial charge in [-0.25, -0.2) is 0 Å². The number of allylic oxidation sites excluding steroid dienone is 13. The van der Waals surface area contributed by atoms with Crippen molar-refractivity contribution < 1.29 is 37.3 Å². The lowest BCUT2D eigenvalue weighted by atomic mass is 10.1. The van der Waals surface area contributed by atoms with Crippen molar-refractivity contribution in [2.75, 3.05) is 40.9 Å². The van der Waals surface area contributed by atoms with Crippen LogP contribution in [0.1, 0.15) is 213 Å². The number of ether oxygens (including phenoxy) is 1. The summed E-state index contributed by atoms with van der Waals surface area (Å²) in [6.45, 7) is 6.53. The lowest BCUT2D eigenvalue weighted by Crippen LogP contribution is -2.47. The molecule has 0 bridgehead atoms. The van der Waals surface area contributed by atoms with Crippen molar-refractivity contribution in [3.63, 3.8) is 0 Å². The summed E-state index contributed by atoms with van der Waals surface area (Å²) in [7, 11) is 1.15. The Hall–Kier alpha value is -2.81. The van der Waals surface area contributed by atoms with Gasteiger partial charge >= 0.3 is 5.97 Å². The molecule has 9 nitrogen and oxygen atoms in total. The van der Waals surface area contributed by atoms with E-state index in [0.29, 0.717) is 23.9 Å². The first-order valence-corrected chi connectivity index (χ1v) is 28.4. The van der Waals surface area contributed by atoms with Crippen LogP contribution in [0.2, 0.25) is 0 Å². The van der Waals surface area contributed by atoms with Gasteiger partial charge in [-0.1, -0.05) is 215 Å². The molecule has 10 heteroatoms. The number of carbonyl (C=O) groups is 2. The molecule has 0 aliphatic heterocycles. The van der Waals surface area contributed by atoms with E-state index in [-0.39, 0.29) is 24.9 Å². The van der Waals surface area contributed by atoms with Gasteiger partial charge in [0.2, 0.25) is 5.91 Å². The maximum absolute atomic E-state index is 13.4. The first-order chi connectivity index (χ1) is 32.4. The van der Waals surface area contributed by atoms with E-state index in [9.17, 15) is 19.0 Å². The van der Waals surface area contributed by atoms with Crippen molar-refractivity contribution in [2.45, 2.75) is 226 Å². The number of hydrogen-bond acceptors (Lipinski definition) is 7. The van der Waals surface area contributed by atoms with Crippen molar-refractivity contribution in [2.24, 2.45) is 0 Å². The summed E-state index contributed by atoms with van der Waals surface area (Å²) in [5.41, 5.74) is 0.